The number of unbranched alkanes of at least 4 members (excludes halogenated alkanes) is 2. The number of hydrogen-bond donors (Lipinski definition) is 1. The topological polar surface area (TPSA) is 20.2 Å². The van der Waals surface area contributed by atoms with Gasteiger partial charge in [-0.25, -0.2) is 0 Å². The minimum atomic E-state index is 0.462. The smallest absolute Gasteiger partial charge is 0.121 e. The second-order valence-corrected chi connectivity index (χ2v) is 4.60. The summed E-state index contributed by atoms with van der Waals surface area (Å²) >= 11 is 3.44. The quantitative estimate of drug-likeness (QED) is 0.801. The van der Waals surface area contributed by atoms with Gasteiger partial charge in [-0.15, -0.1) is 0 Å². The number of halogens is 1. The Kier molecular flexibility index (Phi) is 4.46. The van der Waals surface area contributed by atoms with E-state index < -0.39 is 0 Å². The second kappa shape index (κ2) is 5.40. The summed E-state index contributed by atoms with van der Waals surface area (Å²) in [5.41, 5.74) is 2.01. The van der Waals surface area contributed by atoms with Crippen molar-refractivity contribution in [1.29, 1.82) is 0 Å². The Labute approximate surface area is 94.3 Å². The summed E-state index contributed by atoms with van der Waals surface area (Å²) in [5, 5.41) is 9.80. The molecule has 0 aliphatic heterocycles. The maximum absolute atomic E-state index is 9.80. The lowest BCUT2D eigenvalue weighted by molar-refractivity contribution is 0.462. The molecule has 0 spiro atoms. The number of benzene rings is 1. The highest BCUT2D eigenvalue weighted by Crippen LogP contribution is 2.27. The number of aryl methyl sites for hydroxylation is 2. The van der Waals surface area contributed by atoms with E-state index in [0.717, 1.165) is 28.4 Å². The fourth-order valence-corrected chi connectivity index (χ4v) is 2.18. The van der Waals surface area contributed by atoms with Gasteiger partial charge in [-0.1, -0.05) is 35.7 Å². The van der Waals surface area contributed by atoms with E-state index in [0.29, 0.717) is 5.75 Å². The second-order valence-electron chi connectivity index (χ2n) is 3.69. The molecule has 0 saturated carbocycles. The van der Waals surface area contributed by atoms with Gasteiger partial charge in [0.2, 0.25) is 0 Å². The van der Waals surface area contributed by atoms with Crippen molar-refractivity contribution in [1.82, 2.24) is 0 Å². The zero-order valence-electron chi connectivity index (χ0n) is 8.81. The predicted molar refractivity (Wildman–Crippen MR) is 63.8 cm³/mol. The van der Waals surface area contributed by atoms with Crippen LogP contribution in [0.2, 0.25) is 0 Å². The van der Waals surface area contributed by atoms with E-state index in [9.17, 15) is 5.11 Å². The van der Waals surface area contributed by atoms with Gasteiger partial charge in [0.15, 0.2) is 0 Å². The maximum Gasteiger partial charge on any atom is 0.121 e. The van der Waals surface area contributed by atoms with Crippen LogP contribution in [0.25, 0.3) is 0 Å². The van der Waals surface area contributed by atoms with Crippen LogP contribution in [0.5, 0.6) is 5.75 Å². The molecule has 0 aliphatic rings. The highest BCUT2D eigenvalue weighted by molar-refractivity contribution is 9.10. The standard InChI is InChI=1S/C12H17BrO/c1-3-4-5-6-10-8-11(13)7-9(2)12(10)14/h7-8,14H,3-6H2,1-2H3. The molecule has 0 amide bonds. The van der Waals surface area contributed by atoms with Crippen LogP contribution in [-0.4, -0.2) is 5.11 Å². The van der Waals surface area contributed by atoms with E-state index >= 15 is 0 Å². The van der Waals surface area contributed by atoms with Gasteiger partial charge in [0.1, 0.15) is 5.75 Å². The fourth-order valence-electron chi connectivity index (χ4n) is 1.56. The first kappa shape index (κ1) is 11.6. The SMILES string of the molecule is CCCCCc1cc(Br)cc(C)c1O. The van der Waals surface area contributed by atoms with Crippen molar-refractivity contribution < 1.29 is 5.11 Å². The molecule has 1 aromatic rings. The Morgan fingerprint density at radius 1 is 1.29 bits per heavy atom. The summed E-state index contributed by atoms with van der Waals surface area (Å²) in [6.45, 7) is 4.12. The minimum absolute atomic E-state index is 0.462. The Bertz CT molecular complexity index is 307. The first-order valence-electron chi connectivity index (χ1n) is 5.13. The molecule has 1 nitrogen and oxygen atoms in total. The van der Waals surface area contributed by atoms with Crippen molar-refractivity contribution in [2.24, 2.45) is 0 Å². The molecule has 1 rings (SSSR count). The molecule has 0 saturated heterocycles. The van der Waals surface area contributed by atoms with E-state index in [4.69, 9.17) is 0 Å². The molecule has 2 heteroatoms. The molecule has 1 aromatic carbocycles. The van der Waals surface area contributed by atoms with E-state index in [-0.39, 0.29) is 0 Å². The normalized spacial score (nSPS) is 10.5. The van der Waals surface area contributed by atoms with E-state index in [1.807, 2.05) is 19.1 Å². The lowest BCUT2D eigenvalue weighted by atomic mass is 10.0. The molecule has 0 aliphatic carbocycles. The average Bonchev–Trinajstić information content (AvgIpc) is 2.13. The summed E-state index contributed by atoms with van der Waals surface area (Å²) in [5.74, 6) is 0.462. The summed E-state index contributed by atoms with van der Waals surface area (Å²) in [4.78, 5) is 0. The molecular weight excluding hydrogens is 240 g/mol. The largest absolute Gasteiger partial charge is 0.507 e. The highest BCUT2D eigenvalue weighted by Gasteiger charge is 2.05. The van der Waals surface area contributed by atoms with Gasteiger partial charge in [0, 0.05) is 4.47 Å². The Morgan fingerprint density at radius 2 is 2.00 bits per heavy atom. The van der Waals surface area contributed by atoms with Crippen molar-refractivity contribution >= 4 is 15.9 Å². The van der Waals surface area contributed by atoms with Gasteiger partial charge in [0.05, 0.1) is 0 Å². The Hall–Kier alpha value is -0.500. The number of hydrogen-bond acceptors (Lipinski definition) is 1. The van der Waals surface area contributed by atoms with Crippen molar-refractivity contribution in [2.45, 2.75) is 39.5 Å². The molecular formula is C12H17BrO. The first-order chi connectivity index (χ1) is 6.65. The lowest BCUT2D eigenvalue weighted by Crippen LogP contribution is -1.89. The zero-order chi connectivity index (χ0) is 10.6. The molecule has 0 bridgehead atoms. The molecule has 0 fully saturated rings. The molecule has 0 aromatic heterocycles. The van der Waals surface area contributed by atoms with Crippen molar-refractivity contribution in [3.05, 3.63) is 27.7 Å². The van der Waals surface area contributed by atoms with Gasteiger partial charge in [-0.2, -0.15) is 0 Å². The molecule has 14 heavy (non-hydrogen) atoms. The van der Waals surface area contributed by atoms with Crippen LogP contribution in [0.3, 0.4) is 0 Å². The molecule has 0 heterocycles. The lowest BCUT2D eigenvalue weighted by Gasteiger charge is -2.07. The van der Waals surface area contributed by atoms with Gasteiger partial charge in [-0.3, -0.25) is 0 Å². The molecule has 78 valence electrons. The van der Waals surface area contributed by atoms with E-state index in [1.54, 1.807) is 0 Å². The summed E-state index contributed by atoms with van der Waals surface area (Å²) in [6, 6.07) is 3.96. The molecule has 1 N–H and O–H groups in total. The highest BCUT2D eigenvalue weighted by atomic mass is 79.9. The average molecular weight is 257 g/mol. The third-order valence-corrected chi connectivity index (χ3v) is 2.85. The third kappa shape index (κ3) is 3.02. The maximum atomic E-state index is 9.80. The Morgan fingerprint density at radius 3 is 2.64 bits per heavy atom. The Balaban J connectivity index is 2.75. The van der Waals surface area contributed by atoms with Crippen LogP contribution in [0.15, 0.2) is 16.6 Å². The van der Waals surface area contributed by atoms with Crippen LogP contribution >= 0.6 is 15.9 Å². The predicted octanol–water partition coefficient (Wildman–Crippen LogP) is 4.20. The summed E-state index contributed by atoms with van der Waals surface area (Å²) in [7, 11) is 0. The number of phenols is 1. The van der Waals surface area contributed by atoms with E-state index in [1.165, 1.54) is 12.8 Å². The van der Waals surface area contributed by atoms with Crippen molar-refractivity contribution in [3.63, 3.8) is 0 Å². The molecule has 0 unspecified atom stereocenters. The monoisotopic (exact) mass is 256 g/mol. The summed E-state index contributed by atoms with van der Waals surface area (Å²) in [6.07, 6.45) is 4.57. The van der Waals surface area contributed by atoms with Crippen LogP contribution < -0.4 is 0 Å². The molecule has 0 radical (unpaired) electrons. The summed E-state index contributed by atoms with van der Waals surface area (Å²) < 4.78 is 1.05. The van der Waals surface area contributed by atoms with Gasteiger partial charge >= 0.3 is 0 Å². The third-order valence-electron chi connectivity index (χ3n) is 2.39. The number of phenolic OH excluding ortho intramolecular Hbond substituents is 1. The van der Waals surface area contributed by atoms with Crippen molar-refractivity contribution in [2.75, 3.05) is 0 Å². The number of aromatic hydroxyl groups is 1. The minimum Gasteiger partial charge on any atom is -0.507 e. The van der Waals surface area contributed by atoms with E-state index in [2.05, 4.69) is 22.9 Å². The zero-order valence-corrected chi connectivity index (χ0v) is 10.4. The van der Waals surface area contributed by atoms with Gasteiger partial charge in [0.25, 0.3) is 0 Å². The van der Waals surface area contributed by atoms with Crippen molar-refractivity contribution in [3.8, 4) is 5.75 Å². The molecule has 0 atom stereocenters. The van der Waals surface area contributed by atoms with Gasteiger partial charge in [-0.05, 0) is 43.0 Å². The van der Waals surface area contributed by atoms with Crippen LogP contribution in [0.4, 0.5) is 0 Å². The first-order valence-corrected chi connectivity index (χ1v) is 5.92. The van der Waals surface area contributed by atoms with Crippen LogP contribution in [0, 0.1) is 6.92 Å². The van der Waals surface area contributed by atoms with Crippen LogP contribution in [0.1, 0.15) is 37.3 Å². The van der Waals surface area contributed by atoms with Crippen LogP contribution in [-0.2, 0) is 6.42 Å². The van der Waals surface area contributed by atoms with Gasteiger partial charge < -0.3 is 5.11 Å². The number of rotatable bonds is 4. The fraction of sp³-hybridized carbons (Fsp3) is 0.500.